The molecule has 0 amide bonds. The van der Waals surface area contributed by atoms with E-state index in [1.165, 1.54) is 26.2 Å². The molecule has 0 aliphatic carbocycles. The summed E-state index contributed by atoms with van der Waals surface area (Å²) in [4.78, 5) is 31.6. The van der Waals surface area contributed by atoms with Gasteiger partial charge in [-0.25, -0.2) is 4.68 Å². The van der Waals surface area contributed by atoms with Crippen LogP contribution in [0, 0.1) is 27.9 Å². The fourth-order valence-corrected chi connectivity index (χ4v) is 12.1. The zero-order chi connectivity index (χ0) is 54.6. The molecule has 6 rings (SSSR count). The average molecular weight is 1050 g/mol. The van der Waals surface area contributed by atoms with E-state index in [1.807, 2.05) is 50.6 Å². The van der Waals surface area contributed by atoms with Gasteiger partial charge < -0.3 is 63.8 Å². The number of carbonyl (C=O) groups excluding carboxylic acids is 1. The molecule has 0 saturated carbocycles. The molecule has 4 aliphatic heterocycles. The molecular weight excluding hydrogens is 959 g/mol. The lowest BCUT2D eigenvalue weighted by Crippen LogP contribution is -2.61. The van der Waals surface area contributed by atoms with Gasteiger partial charge in [-0.3, -0.25) is 19.8 Å². The summed E-state index contributed by atoms with van der Waals surface area (Å²) in [5.74, 6) is -2.80. The smallest absolute Gasteiger partial charge is 0.311 e. The van der Waals surface area contributed by atoms with Gasteiger partial charge in [-0.2, -0.15) is 0 Å². The van der Waals surface area contributed by atoms with Crippen molar-refractivity contribution in [2.45, 2.75) is 217 Å². The van der Waals surface area contributed by atoms with Gasteiger partial charge >= 0.3 is 5.97 Å². The molecule has 0 bridgehead atoms. The van der Waals surface area contributed by atoms with Crippen LogP contribution in [0.2, 0.25) is 0 Å². The summed E-state index contributed by atoms with van der Waals surface area (Å²) in [7, 11) is 5.28. The first-order chi connectivity index (χ1) is 34.7. The minimum absolute atomic E-state index is 0.0712. The highest BCUT2D eigenvalue weighted by Gasteiger charge is 2.53. The molecule has 4 saturated heterocycles. The standard InChI is InChI=1S/C53H89N7O14/c1-14-42-53(10,66)46(62)35(6)57(12)27-31(2)25-51(8,65)48(33(4)45(34(5)49(64)72-42)73-43-26-52(9,69-13)47(63)36(7)71-43)74-50-44(61)41(24-32(3)70-50)56(11)23-21-38-29-59(55-54-38)40-16-15-22-58(30-40)28-37-17-19-39(20-18-37)60(67)68/h17-20,29,31-36,40-48,50,61-63,65-66H,14-16,21-28,30H2,1-13H3/t31-,32-,33+,34-,35-,36+,40-,41+,42-,43+,44-,45+,46-,47+,48-,50+,51-,52-,53-/m1/s1. The maximum Gasteiger partial charge on any atom is 0.311 e. The Morgan fingerprint density at radius 2 is 1.66 bits per heavy atom. The van der Waals surface area contributed by atoms with Gasteiger partial charge in [0.1, 0.15) is 30.0 Å². The summed E-state index contributed by atoms with van der Waals surface area (Å²) in [6.45, 7) is 20.9. The molecule has 5 N–H and O–H groups in total. The monoisotopic (exact) mass is 1050 g/mol. The van der Waals surface area contributed by atoms with E-state index in [4.69, 9.17) is 28.4 Å². The van der Waals surface area contributed by atoms with E-state index >= 15 is 0 Å². The second-order valence-electron chi connectivity index (χ2n) is 23.1. The number of hydrogen-bond donors (Lipinski definition) is 5. The second-order valence-corrected chi connectivity index (χ2v) is 23.1. The third-order valence-electron chi connectivity index (χ3n) is 16.8. The molecule has 74 heavy (non-hydrogen) atoms. The molecule has 21 nitrogen and oxygen atoms in total. The number of aliphatic hydroxyl groups excluding tert-OH is 3. The Bertz CT molecular complexity index is 2120. The number of cyclic esters (lactones) is 1. The Morgan fingerprint density at radius 3 is 2.31 bits per heavy atom. The van der Waals surface area contributed by atoms with Crippen molar-refractivity contribution in [1.29, 1.82) is 0 Å². The molecule has 19 atom stereocenters. The third-order valence-corrected chi connectivity index (χ3v) is 16.8. The number of carbonyl (C=O) groups is 1. The first-order valence-corrected chi connectivity index (χ1v) is 26.8. The molecule has 21 heteroatoms. The molecule has 0 unspecified atom stereocenters. The van der Waals surface area contributed by atoms with Crippen molar-refractivity contribution in [1.82, 2.24) is 29.7 Å². The fraction of sp³-hybridized carbons (Fsp3) is 0.830. The Hall–Kier alpha value is -3.29. The third kappa shape index (κ3) is 14.1. The van der Waals surface area contributed by atoms with Crippen LogP contribution in [0.3, 0.4) is 0 Å². The van der Waals surface area contributed by atoms with Gasteiger partial charge in [-0.05, 0) is 113 Å². The van der Waals surface area contributed by atoms with Crippen molar-refractivity contribution in [2.75, 3.05) is 47.4 Å². The first kappa shape index (κ1) is 59.9. The Labute approximate surface area is 437 Å². The van der Waals surface area contributed by atoms with Crippen LogP contribution in [0.1, 0.15) is 125 Å². The van der Waals surface area contributed by atoms with Crippen molar-refractivity contribution in [2.24, 2.45) is 17.8 Å². The quantitative estimate of drug-likeness (QED) is 0.102. The number of methoxy groups -OCH3 is 1. The van der Waals surface area contributed by atoms with Gasteiger partial charge in [-0.1, -0.05) is 38.1 Å². The molecular formula is C53H89N7O14. The number of rotatable bonds is 14. The van der Waals surface area contributed by atoms with E-state index < -0.39 is 107 Å². The summed E-state index contributed by atoms with van der Waals surface area (Å²) < 4.78 is 40.3. The molecule has 420 valence electrons. The van der Waals surface area contributed by atoms with Crippen LogP contribution < -0.4 is 0 Å². The number of ether oxygens (including phenoxy) is 6. The van der Waals surface area contributed by atoms with Gasteiger partial charge in [0.2, 0.25) is 0 Å². The van der Waals surface area contributed by atoms with Crippen LogP contribution in [-0.2, 0) is 46.2 Å². The number of piperidine rings is 1. The number of likely N-dealkylation sites (tertiary alicyclic amines) is 1. The van der Waals surface area contributed by atoms with E-state index in [9.17, 15) is 40.4 Å². The molecule has 4 aliphatic rings. The van der Waals surface area contributed by atoms with Crippen LogP contribution in [0.4, 0.5) is 5.69 Å². The van der Waals surface area contributed by atoms with Crippen LogP contribution in [0.5, 0.6) is 0 Å². The molecule has 2 aromatic rings. The Kier molecular flexibility index (Phi) is 20.3. The van der Waals surface area contributed by atoms with E-state index in [-0.39, 0.29) is 43.0 Å². The van der Waals surface area contributed by atoms with Crippen LogP contribution in [0.25, 0.3) is 0 Å². The number of nitro benzene ring substituents is 1. The van der Waals surface area contributed by atoms with Crippen molar-refractivity contribution in [3.05, 3.63) is 51.8 Å². The fourth-order valence-electron chi connectivity index (χ4n) is 12.1. The summed E-state index contributed by atoms with van der Waals surface area (Å²) >= 11 is 0. The Morgan fingerprint density at radius 1 is 0.973 bits per heavy atom. The predicted molar refractivity (Wildman–Crippen MR) is 273 cm³/mol. The van der Waals surface area contributed by atoms with Crippen LogP contribution >= 0.6 is 0 Å². The number of nitro groups is 1. The summed E-state index contributed by atoms with van der Waals surface area (Å²) in [5.41, 5.74) is -2.66. The number of esters is 1. The lowest BCUT2D eigenvalue weighted by Gasteiger charge is -2.49. The number of aromatic nitrogens is 3. The number of non-ortho nitro benzene ring substituents is 1. The number of likely N-dealkylation sites (N-methyl/N-ethyl adjacent to an activating group) is 2. The molecule has 1 aromatic carbocycles. The van der Waals surface area contributed by atoms with Crippen molar-refractivity contribution in [3.8, 4) is 0 Å². The van der Waals surface area contributed by atoms with Crippen LogP contribution in [-0.4, -0.2) is 204 Å². The normalized spacial score (nSPS) is 40.8. The molecule has 1 aromatic heterocycles. The van der Waals surface area contributed by atoms with E-state index in [0.29, 0.717) is 32.5 Å². The molecule has 0 radical (unpaired) electrons. The zero-order valence-electron chi connectivity index (χ0n) is 46.2. The molecule has 4 fully saturated rings. The molecule has 0 spiro atoms. The van der Waals surface area contributed by atoms with Gasteiger partial charge in [0.05, 0.1) is 58.2 Å². The summed E-state index contributed by atoms with van der Waals surface area (Å²) in [6.07, 6.45) is -4.67. The summed E-state index contributed by atoms with van der Waals surface area (Å²) in [6, 6.07) is 5.80. The number of nitrogens with zero attached hydrogens (tertiary/aromatic N) is 7. The molecule has 5 heterocycles. The van der Waals surface area contributed by atoms with E-state index in [0.717, 1.165) is 37.2 Å². The minimum Gasteiger partial charge on any atom is -0.459 e. The average Bonchev–Trinajstić information content (AvgIpc) is 3.83. The number of benzene rings is 1. The maximum absolute atomic E-state index is 14.5. The van der Waals surface area contributed by atoms with Crippen LogP contribution in [0.15, 0.2) is 30.5 Å². The second kappa shape index (κ2) is 25.0. The van der Waals surface area contributed by atoms with Gasteiger partial charge in [0, 0.05) is 82.5 Å². The highest BCUT2D eigenvalue weighted by atomic mass is 16.7. The number of aliphatic hydroxyl groups is 5. The van der Waals surface area contributed by atoms with Crippen molar-refractivity contribution in [3.63, 3.8) is 0 Å². The van der Waals surface area contributed by atoms with E-state index in [1.54, 1.807) is 53.7 Å². The van der Waals surface area contributed by atoms with Crippen molar-refractivity contribution < 1.29 is 63.7 Å². The predicted octanol–water partition coefficient (Wildman–Crippen LogP) is 3.85. The van der Waals surface area contributed by atoms with E-state index in [2.05, 4.69) is 20.1 Å². The maximum atomic E-state index is 14.5. The van der Waals surface area contributed by atoms with Crippen molar-refractivity contribution >= 4 is 11.7 Å². The lowest BCUT2D eigenvalue weighted by molar-refractivity contribution is -0.384. The first-order valence-electron chi connectivity index (χ1n) is 26.8. The highest BCUT2D eigenvalue weighted by Crippen LogP contribution is 2.40. The minimum atomic E-state index is -1.84. The highest BCUT2D eigenvalue weighted by molar-refractivity contribution is 5.73. The summed E-state index contributed by atoms with van der Waals surface area (Å²) in [5, 5.41) is 80.0. The van der Waals surface area contributed by atoms with Gasteiger partial charge in [0.15, 0.2) is 12.6 Å². The lowest BCUT2D eigenvalue weighted by atomic mass is 9.77. The Balaban J connectivity index is 1.23. The zero-order valence-corrected chi connectivity index (χ0v) is 46.2. The number of hydrogen-bond acceptors (Lipinski definition) is 19. The largest absolute Gasteiger partial charge is 0.459 e. The SMILES string of the molecule is CC[C@H]1OC(=O)[C@H](C)[C@@H](O[C@H]2C[C@@](C)(OC)[C@@H](O)[C@H](C)O2)[C@H](C)[C@@H](O[C@@H]2O[C@H](C)C[C@H](N(C)CCc3cn([C@@H]4CCCN(Cc5ccc([N+](=O)[O-])cc5)C4)nn3)[C@H]2O)[C@](C)(O)C[C@@H](C)CN(C)[C@H](C)[C@@H](O)[C@]1(C)O. The van der Waals surface area contributed by atoms with Gasteiger partial charge in [-0.15, -0.1) is 5.10 Å². The topological polar surface area (TPSA) is 257 Å². The van der Waals surface area contributed by atoms with Gasteiger partial charge in [0.25, 0.3) is 5.69 Å².